The number of nitro benzene ring substituents is 1. The van der Waals surface area contributed by atoms with E-state index >= 15 is 0 Å². The summed E-state index contributed by atoms with van der Waals surface area (Å²) in [5, 5.41) is 11.6. The van der Waals surface area contributed by atoms with Crippen LogP contribution in [-0.4, -0.2) is 62.4 Å². The van der Waals surface area contributed by atoms with E-state index in [0.29, 0.717) is 31.9 Å². The molecule has 41 heavy (non-hydrogen) atoms. The predicted octanol–water partition coefficient (Wildman–Crippen LogP) is 1.05. The zero-order valence-corrected chi connectivity index (χ0v) is 24.2. The highest BCUT2D eigenvalue weighted by molar-refractivity contribution is 7.07. The third kappa shape index (κ3) is 5.52. The van der Waals surface area contributed by atoms with Gasteiger partial charge in [-0.05, 0) is 43.7 Å². The van der Waals surface area contributed by atoms with Crippen molar-refractivity contribution in [2.75, 3.05) is 51.8 Å². The number of carbonyl (C=O) groups is 1. The fourth-order valence-electron chi connectivity index (χ4n) is 5.22. The lowest BCUT2D eigenvalue weighted by atomic mass is 9.96. The van der Waals surface area contributed by atoms with E-state index in [9.17, 15) is 19.7 Å². The van der Waals surface area contributed by atoms with Gasteiger partial charge < -0.3 is 19.3 Å². The molecule has 2 aliphatic rings. The first kappa shape index (κ1) is 28.2. The number of hydrogen-bond acceptors (Lipinski definition) is 9. The monoisotopic (exact) mass is 578 g/mol. The average Bonchev–Trinajstić information content (AvgIpc) is 3.26. The molecule has 0 unspecified atom stereocenters. The van der Waals surface area contributed by atoms with Gasteiger partial charge in [0.1, 0.15) is 5.75 Å². The molecule has 1 aromatic heterocycles. The molecule has 0 radical (unpaired) electrons. The molecule has 3 aromatic rings. The SMILES string of the molecule is CCOC(=O)C1=C(C)N=c2s/c(=C/c3cc([N+](=O)[O-])ccc3N3CC[NH+](C)CC3)c(=O)n2[C@@H]1c1ccc(OC)cc1. The van der Waals surface area contributed by atoms with E-state index < -0.39 is 16.9 Å². The fraction of sp³-hybridized carbons (Fsp3) is 0.345. The first-order valence-corrected chi connectivity index (χ1v) is 14.2. The molecular formula is C29H32N5O6S+. The fourth-order valence-corrected chi connectivity index (χ4v) is 6.26. The predicted molar refractivity (Wildman–Crippen MR) is 155 cm³/mol. The van der Waals surface area contributed by atoms with Crippen LogP contribution in [0.4, 0.5) is 11.4 Å². The summed E-state index contributed by atoms with van der Waals surface area (Å²) in [5.41, 5.74) is 2.48. The number of rotatable bonds is 7. The molecule has 12 heteroatoms. The number of aromatic nitrogens is 1. The molecule has 1 fully saturated rings. The third-order valence-corrected chi connectivity index (χ3v) is 8.40. The van der Waals surface area contributed by atoms with Gasteiger partial charge in [0.25, 0.3) is 11.2 Å². The number of esters is 1. The van der Waals surface area contributed by atoms with Crippen LogP contribution in [0.2, 0.25) is 0 Å². The Morgan fingerprint density at radius 1 is 1.22 bits per heavy atom. The van der Waals surface area contributed by atoms with Crippen LogP contribution in [0.1, 0.15) is 31.0 Å². The summed E-state index contributed by atoms with van der Waals surface area (Å²) in [5.74, 6) is 0.102. The smallest absolute Gasteiger partial charge is 0.338 e. The van der Waals surface area contributed by atoms with Crippen molar-refractivity contribution in [3.05, 3.63) is 94.7 Å². The van der Waals surface area contributed by atoms with Crippen molar-refractivity contribution in [1.29, 1.82) is 0 Å². The van der Waals surface area contributed by atoms with Crippen LogP contribution in [-0.2, 0) is 9.53 Å². The minimum atomic E-state index is -0.761. The van der Waals surface area contributed by atoms with Gasteiger partial charge in [-0.25, -0.2) is 9.79 Å². The number of methoxy groups -OCH3 is 1. The van der Waals surface area contributed by atoms with E-state index in [1.54, 1.807) is 45.2 Å². The molecule has 0 saturated carbocycles. The number of benzene rings is 2. The number of allylic oxidation sites excluding steroid dienone is 1. The van der Waals surface area contributed by atoms with Gasteiger partial charge in [-0.2, -0.15) is 0 Å². The lowest BCUT2D eigenvalue weighted by molar-refractivity contribution is -0.880. The van der Waals surface area contributed by atoms with Crippen LogP contribution in [0.15, 0.2) is 63.5 Å². The average molecular weight is 579 g/mol. The molecule has 0 spiro atoms. The maximum atomic E-state index is 14.0. The Hall–Kier alpha value is -4.29. The van der Waals surface area contributed by atoms with Crippen molar-refractivity contribution in [3.63, 3.8) is 0 Å². The van der Waals surface area contributed by atoms with Gasteiger partial charge in [0.05, 0.1) is 73.7 Å². The Morgan fingerprint density at radius 2 is 1.93 bits per heavy atom. The van der Waals surface area contributed by atoms with Crippen molar-refractivity contribution in [3.8, 4) is 5.75 Å². The van der Waals surface area contributed by atoms with Crippen LogP contribution < -0.4 is 29.4 Å². The van der Waals surface area contributed by atoms with Crippen molar-refractivity contribution >= 4 is 34.8 Å². The molecular weight excluding hydrogens is 546 g/mol. The van der Waals surface area contributed by atoms with E-state index in [4.69, 9.17) is 9.47 Å². The van der Waals surface area contributed by atoms with E-state index in [1.807, 2.05) is 12.1 Å². The van der Waals surface area contributed by atoms with E-state index in [-0.39, 0.29) is 23.4 Å². The highest BCUT2D eigenvalue weighted by Gasteiger charge is 2.33. The van der Waals surface area contributed by atoms with Gasteiger partial charge in [-0.1, -0.05) is 23.5 Å². The van der Waals surface area contributed by atoms with Crippen LogP contribution >= 0.6 is 11.3 Å². The minimum Gasteiger partial charge on any atom is -0.497 e. The first-order valence-electron chi connectivity index (χ1n) is 13.4. The van der Waals surface area contributed by atoms with Gasteiger partial charge in [0, 0.05) is 23.4 Å². The number of carbonyl (C=O) groups excluding carboxylic acids is 1. The molecule has 11 nitrogen and oxygen atoms in total. The number of hydrogen-bond donors (Lipinski definition) is 1. The summed E-state index contributed by atoms with van der Waals surface area (Å²) < 4.78 is 12.5. The quantitative estimate of drug-likeness (QED) is 0.253. The van der Waals surface area contributed by atoms with Gasteiger partial charge in [0.2, 0.25) is 0 Å². The van der Waals surface area contributed by atoms with Crippen LogP contribution in [0, 0.1) is 10.1 Å². The van der Waals surface area contributed by atoms with Gasteiger partial charge >= 0.3 is 5.97 Å². The molecule has 3 heterocycles. The van der Waals surface area contributed by atoms with Crippen LogP contribution in [0.3, 0.4) is 0 Å². The summed E-state index contributed by atoms with van der Waals surface area (Å²) in [6.07, 6.45) is 1.70. The maximum Gasteiger partial charge on any atom is 0.338 e. The third-order valence-electron chi connectivity index (χ3n) is 7.41. The summed E-state index contributed by atoms with van der Waals surface area (Å²) in [6.45, 7) is 7.11. The van der Waals surface area contributed by atoms with Crippen molar-refractivity contribution in [2.24, 2.45) is 4.99 Å². The molecule has 1 N–H and O–H groups in total. The molecule has 2 aromatic carbocycles. The summed E-state index contributed by atoms with van der Waals surface area (Å²) in [7, 11) is 3.71. The molecule has 214 valence electrons. The number of piperazine rings is 1. The van der Waals surface area contributed by atoms with E-state index in [0.717, 1.165) is 31.9 Å². The highest BCUT2D eigenvalue weighted by atomic mass is 32.1. The number of nitrogens with one attached hydrogen (secondary N) is 1. The molecule has 2 aliphatic heterocycles. The summed E-state index contributed by atoms with van der Waals surface area (Å²) in [4.78, 5) is 47.0. The Bertz CT molecular complexity index is 1700. The number of quaternary nitrogens is 1. The molecule has 0 amide bonds. The van der Waals surface area contributed by atoms with Crippen molar-refractivity contribution < 1.29 is 24.1 Å². The molecule has 1 saturated heterocycles. The number of thiazole rings is 1. The number of nitrogens with zero attached hydrogens (tertiary/aromatic N) is 4. The standard InChI is InChI=1S/C29H31N5O6S/c1-5-40-28(36)25-18(2)30-29-33(26(25)19-6-9-22(39-4)10-7-19)27(35)24(41-29)17-20-16-21(34(37)38)8-11-23(20)32-14-12-31(3)13-15-32/h6-11,16-17,26H,5,12-15H2,1-4H3/p+1/b24-17+/t26-/m1/s1. The van der Waals surface area contributed by atoms with Crippen LogP contribution in [0.25, 0.3) is 6.08 Å². The van der Waals surface area contributed by atoms with Gasteiger partial charge in [0.15, 0.2) is 4.80 Å². The lowest BCUT2D eigenvalue weighted by Gasteiger charge is -2.32. The van der Waals surface area contributed by atoms with Gasteiger partial charge in [-0.3, -0.25) is 19.5 Å². The Morgan fingerprint density at radius 3 is 2.56 bits per heavy atom. The highest BCUT2D eigenvalue weighted by Crippen LogP contribution is 2.32. The number of ether oxygens (including phenoxy) is 2. The second kappa shape index (κ2) is 11.7. The molecule has 0 aliphatic carbocycles. The largest absolute Gasteiger partial charge is 0.497 e. The Labute approximate surface area is 240 Å². The maximum absolute atomic E-state index is 14.0. The topological polar surface area (TPSA) is 121 Å². The second-order valence-corrected chi connectivity index (χ2v) is 11.0. The Kier molecular flexibility index (Phi) is 8.04. The molecule has 5 rings (SSSR count). The zero-order valence-electron chi connectivity index (χ0n) is 23.4. The Balaban J connectivity index is 1.69. The number of fused-ring (bicyclic) bond motifs is 1. The number of nitro groups is 1. The number of non-ortho nitro benzene ring substituents is 1. The van der Waals surface area contributed by atoms with Crippen molar-refractivity contribution in [1.82, 2.24) is 4.57 Å². The van der Waals surface area contributed by atoms with E-state index in [1.165, 1.54) is 32.9 Å². The van der Waals surface area contributed by atoms with E-state index in [2.05, 4.69) is 16.9 Å². The van der Waals surface area contributed by atoms with Crippen molar-refractivity contribution in [2.45, 2.75) is 19.9 Å². The number of likely N-dealkylation sites (N-methyl/N-ethyl adjacent to an activating group) is 1. The minimum absolute atomic E-state index is 0.0518. The first-order chi connectivity index (χ1) is 19.7. The second-order valence-electron chi connectivity index (χ2n) is 10.0. The number of anilines is 1. The molecule has 0 bridgehead atoms. The molecule has 1 atom stereocenters. The normalized spacial score (nSPS) is 17.7. The summed E-state index contributed by atoms with van der Waals surface area (Å²) in [6, 6.07) is 11.2. The van der Waals surface area contributed by atoms with Gasteiger partial charge in [-0.15, -0.1) is 0 Å². The summed E-state index contributed by atoms with van der Waals surface area (Å²) >= 11 is 1.19. The lowest BCUT2D eigenvalue weighted by Crippen LogP contribution is -3.12. The van der Waals surface area contributed by atoms with Crippen LogP contribution in [0.5, 0.6) is 5.75 Å². The zero-order chi connectivity index (χ0) is 29.3.